The second-order valence-electron chi connectivity index (χ2n) is 4.91. The average Bonchev–Trinajstić information content (AvgIpc) is 2.49. The Balaban J connectivity index is 1.80. The molecular formula is C16H18N2O2. The molecule has 4 nitrogen and oxygen atoms in total. The van der Waals surface area contributed by atoms with E-state index in [9.17, 15) is 0 Å². The van der Waals surface area contributed by atoms with E-state index in [-0.39, 0.29) is 6.04 Å². The van der Waals surface area contributed by atoms with Crippen molar-refractivity contribution in [2.45, 2.75) is 19.9 Å². The third-order valence-corrected chi connectivity index (χ3v) is 3.45. The van der Waals surface area contributed by atoms with E-state index < -0.39 is 0 Å². The number of pyridine rings is 1. The number of aromatic nitrogens is 1. The molecule has 2 heterocycles. The van der Waals surface area contributed by atoms with Crippen LogP contribution in [0, 0.1) is 6.92 Å². The van der Waals surface area contributed by atoms with Crippen LogP contribution < -0.4 is 14.8 Å². The Morgan fingerprint density at radius 3 is 2.75 bits per heavy atom. The normalized spacial score (nSPS) is 14.7. The van der Waals surface area contributed by atoms with E-state index in [0.29, 0.717) is 13.2 Å². The van der Waals surface area contributed by atoms with Gasteiger partial charge in [0, 0.05) is 12.2 Å². The second kappa shape index (κ2) is 5.41. The predicted octanol–water partition coefficient (Wildman–Crippen LogP) is 3.33. The van der Waals surface area contributed by atoms with Crippen LogP contribution in [0.4, 0.5) is 5.69 Å². The first-order chi connectivity index (χ1) is 9.74. The van der Waals surface area contributed by atoms with Crippen LogP contribution in [0.15, 0.2) is 36.5 Å². The van der Waals surface area contributed by atoms with E-state index in [1.165, 1.54) is 0 Å². The number of aryl methyl sites for hydroxylation is 1. The van der Waals surface area contributed by atoms with Crippen molar-refractivity contribution in [3.05, 3.63) is 47.8 Å². The molecule has 3 rings (SSSR count). The number of nitrogens with zero attached hydrogens (tertiary/aromatic N) is 1. The van der Waals surface area contributed by atoms with Gasteiger partial charge < -0.3 is 14.8 Å². The molecule has 0 radical (unpaired) electrons. The minimum atomic E-state index is 0.175. The topological polar surface area (TPSA) is 43.4 Å². The molecule has 1 aliphatic heterocycles. The van der Waals surface area contributed by atoms with Gasteiger partial charge >= 0.3 is 0 Å². The third-order valence-electron chi connectivity index (χ3n) is 3.45. The number of hydrogen-bond donors (Lipinski definition) is 1. The van der Waals surface area contributed by atoms with Gasteiger partial charge in [0.2, 0.25) is 0 Å². The van der Waals surface area contributed by atoms with Gasteiger partial charge in [-0.15, -0.1) is 0 Å². The minimum Gasteiger partial charge on any atom is -0.486 e. The van der Waals surface area contributed by atoms with Crippen molar-refractivity contribution >= 4 is 5.69 Å². The zero-order valence-electron chi connectivity index (χ0n) is 11.7. The zero-order chi connectivity index (χ0) is 13.9. The van der Waals surface area contributed by atoms with Crippen LogP contribution in [0.25, 0.3) is 0 Å². The molecule has 104 valence electrons. The maximum atomic E-state index is 5.62. The van der Waals surface area contributed by atoms with Crippen molar-refractivity contribution < 1.29 is 9.47 Å². The van der Waals surface area contributed by atoms with Crippen LogP contribution in [0.3, 0.4) is 0 Å². The van der Waals surface area contributed by atoms with Gasteiger partial charge in [0.25, 0.3) is 0 Å². The molecule has 0 spiro atoms. The third kappa shape index (κ3) is 2.54. The fraction of sp³-hybridized carbons (Fsp3) is 0.312. The molecule has 1 unspecified atom stereocenters. The largest absolute Gasteiger partial charge is 0.486 e. The van der Waals surface area contributed by atoms with Crippen LogP contribution in [-0.4, -0.2) is 18.2 Å². The highest BCUT2D eigenvalue weighted by molar-refractivity contribution is 5.50. The van der Waals surface area contributed by atoms with Crippen LogP contribution in [0.5, 0.6) is 11.5 Å². The molecule has 0 saturated carbocycles. The Kier molecular flexibility index (Phi) is 3.46. The molecule has 0 bridgehead atoms. The van der Waals surface area contributed by atoms with Crippen molar-refractivity contribution in [2.24, 2.45) is 0 Å². The lowest BCUT2D eigenvalue weighted by Crippen LogP contribution is -2.16. The standard InChI is InChI=1S/C16H18N2O2/c1-11(18-14-4-3-7-17-12(14)2)13-5-6-15-16(10-13)20-9-8-19-15/h3-7,10-11,18H,8-9H2,1-2H3. The number of fused-ring (bicyclic) bond motifs is 1. The van der Waals surface area contributed by atoms with Gasteiger partial charge in [-0.1, -0.05) is 6.07 Å². The fourth-order valence-electron chi connectivity index (χ4n) is 2.28. The summed E-state index contributed by atoms with van der Waals surface area (Å²) in [5.74, 6) is 1.65. The Bertz CT molecular complexity index is 613. The van der Waals surface area contributed by atoms with E-state index >= 15 is 0 Å². The summed E-state index contributed by atoms with van der Waals surface area (Å²) in [7, 11) is 0. The number of benzene rings is 1. The highest BCUT2D eigenvalue weighted by atomic mass is 16.6. The summed E-state index contributed by atoms with van der Waals surface area (Å²) in [6.07, 6.45) is 1.80. The zero-order valence-corrected chi connectivity index (χ0v) is 11.7. The summed E-state index contributed by atoms with van der Waals surface area (Å²) in [5.41, 5.74) is 3.21. The minimum absolute atomic E-state index is 0.175. The first kappa shape index (κ1) is 12.8. The summed E-state index contributed by atoms with van der Waals surface area (Å²) >= 11 is 0. The molecule has 2 aromatic rings. The van der Waals surface area contributed by atoms with E-state index in [1.54, 1.807) is 6.20 Å². The fourth-order valence-corrected chi connectivity index (χ4v) is 2.28. The summed E-state index contributed by atoms with van der Waals surface area (Å²) in [6.45, 7) is 5.35. The molecule has 1 atom stereocenters. The average molecular weight is 270 g/mol. The monoisotopic (exact) mass is 270 g/mol. The quantitative estimate of drug-likeness (QED) is 0.929. The van der Waals surface area contributed by atoms with Gasteiger partial charge in [0.1, 0.15) is 13.2 Å². The molecule has 1 N–H and O–H groups in total. The molecule has 0 aliphatic carbocycles. The van der Waals surface area contributed by atoms with E-state index in [4.69, 9.17) is 9.47 Å². The smallest absolute Gasteiger partial charge is 0.161 e. The SMILES string of the molecule is Cc1ncccc1NC(C)c1ccc2c(c1)OCCO2. The van der Waals surface area contributed by atoms with Gasteiger partial charge in [0.05, 0.1) is 11.4 Å². The lowest BCUT2D eigenvalue weighted by molar-refractivity contribution is 0.171. The lowest BCUT2D eigenvalue weighted by Gasteiger charge is -2.22. The molecule has 1 aliphatic rings. The van der Waals surface area contributed by atoms with Crippen LogP contribution >= 0.6 is 0 Å². The van der Waals surface area contributed by atoms with Crippen LogP contribution in [0.1, 0.15) is 24.2 Å². The molecular weight excluding hydrogens is 252 g/mol. The highest BCUT2D eigenvalue weighted by Gasteiger charge is 2.14. The van der Waals surface area contributed by atoms with Crippen LogP contribution in [0.2, 0.25) is 0 Å². The summed E-state index contributed by atoms with van der Waals surface area (Å²) in [4.78, 5) is 4.29. The molecule has 1 aromatic heterocycles. The number of anilines is 1. The summed E-state index contributed by atoms with van der Waals surface area (Å²) in [6, 6.07) is 10.2. The number of rotatable bonds is 3. The van der Waals surface area contributed by atoms with Crippen molar-refractivity contribution in [3.8, 4) is 11.5 Å². The Morgan fingerprint density at radius 2 is 1.95 bits per heavy atom. The van der Waals surface area contributed by atoms with Crippen molar-refractivity contribution in [3.63, 3.8) is 0 Å². The first-order valence-corrected chi connectivity index (χ1v) is 6.82. The maximum absolute atomic E-state index is 5.62. The van der Waals surface area contributed by atoms with Crippen molar-refractivity contribution in [2.75, 3.05) is 18.5 Å². The van der Waals surface area contributed by atoms with E-state index in [2.05, 4.69) is 23.3 Å². The summed E-state index contributed by atoms with van der Waals surface area (Å²) in [5, 5.41) is 3.47. The molecule has 0 amide bonds. The molecule has 1 aromatic carbocycles. The van der Waals surface area contributed by atoms with Crippen LogP contribution in [-0.2, 0) is 0 Å². The van der Waals surface area contributed by atoms with Gasteiger partial charge in [-0.3, -0.25) is 4.98 Å². The maximum Gasteiger partial charge on any atom is 0.161 e. The van der Waals surface area contributed by atoms with Gasteiger partial charge in [-0.25, -0.2) is 0 Å². The predicted molar refractivity (Wildman–Crippen MR) is 78.4 cm³/mol. The first-order valence-electron chi connectivity index (χ1n) is 6.82. The van der Waals surface area contributed by atoms with E-state index in [0.717, 1.165) is 28.4 Å². The van der Waals surface area contributed by atoms with Crippen molar-refractivity contribution in [1.82, 2.24) is 4.98 Å². The second-order valence-corrected chi connectivity index (χ2v) is 4.91. The van der Waals surface area contributed by atoms with Gasteiger partial charge in [-0.2, -0.15) is 0 Å². The van der Waals surface area contributed by atoms with E-state index in [1.807, 2.05) is 31.2 Å². The highest BCUT2D eigenvalue weighted by Crippen LogP contribution is 2.33. The molecule has 20 heavy (non-hydrogen) atoms. The number of nitrogens with one attached hydrogen (secondary N) is 1. The molecule has 0 fully saturated rings. The number of hydrogen-bond acceptors (Lipinski definition) is 4. The number of ether oxygens (including phenoxy) is 2. The summed E-state index contributed by atoms with van der Waals surface area (Å²) < 4.78 is 11.2. The molecule has 4 heteroatoms. The van der Waals surface area contributed by atoms with Gasteiger partial charge in [-0.05, 0) is 43.7 Å². The Morgan fingerprint density at radius 1 is 1.15 bits per heavy atom. The Hall–Kier alpha value is -2.23. The Labute approximate surface area is 118 Å². The molecule has 0 saturated heterocycles. The lowest BCUT2D eigenvalue weighted by atomic mass is 10.1. The van der Waals surface area contributed by atoms with Gasteiger partial charge in [0.15, 0.2) is 11.5 Å². The van der Waals surface area contributed by atoms with Crippen molar-refractivity contribution in [1.29, 1.82) is 0 Å².